The molecular weight excluding hydrogens is 290 g/mol. The van der Waals surface area contributed by atoms with Gasteiger partial charge in [-0.2, -0.15) is 0 Å². The molecule has 0 aromatic heterocycles. The molecule has 23 heavy (non-hydrogen) atoms. The van der Waals surface area contributed by atoms with Gasteiger partial charge in [0.05, 0.1) is 17.9 Å². The second-order valence-corrected chi connectivity index (χ2v) is 5.80. The molecule has 5 nitrogen and oxygen atoms in total. The van der Waals surface area contributed by atoms with Crippen LogP contribution in [0.25, 0.3) is 0 Å². The third-order valence-electron chi connectivity index (χ3n) is 2.95. The fraction of sp³-hybridized carbons (Fsp3) is 0.889. The maximum atomic E-state index is 8.49. The molecule has 142 valence electrons. The first-order chi connectivity index (χ1) is 10.8. The normalized spacial score (nSPS) is 12.9. The maximum Gasteiger partial charge on any atom is 0.0857 e. The number of nitrogens with one attached hydrogen (secondary N) is 2. The Labute approximate surface area is 145 Å². The Morgan fingerprint density at radius 3 is 2.00 bits per heavy atom. The standard InChI is InChI=1S/C10H22O.C4H9N3O.2C2H6/c1-6-10(4,5)11-8-7-9(2)3;1-7-2-4(3-8)5-6-7;2*1-2/h9H,6-8H2,1-5H3;2,5-6,8H,3H2,1H3;2*1-2H3. The highest BCUT2D eigenvalue weighted by atomic mass is 16.5. The van der Waals surface area contributed by atoms with E-state index in [-0.39, 0.29) is 12.2 Å². The first-order valence-corrected chi connectivity index (χ1v) is 9.00. The number of aliphatic hydroxyl groups excluding tert-OH is 1. The monoisotopic (exact) mass is 333 g/mol. The van der Waals surface area contributed by atoms with Crippen molar-refractivity contribution in [2.75, 3.05) is 20.3 Å². The summed E-state index contributed by atoms with van der Waals surface area (Å²) in [4.78, 5) is 0. The number of ether oxygens (including phenoxy) is 1. The minimum absolute atomic E-state index is 0.0529. The summed E-state index contributed by atoms with van der Waals surface area (Å²) in [7, 11) is 1.84. The highest BCUT2D eigenvalue weighted by Gasteiger charge is 2.14. The molecule has 0 fully saturated rings. The maximum absolute atomic E-state index is 8.49. The van der Waals surface area contributed by atoms with Crippen LogP contribution in [-0.2, 0) is 4.74 Å². The number of aliphatic hydroxyl groups is 1. The number of hydrazine groups is 2. The quantitative estimate of drug-likeness (QED) is 0.684. The van der Waals surface area contributed by atoms with Crippen molar-refractivity contribution in [1.29, 1.82) is 0 Å². The largest absolute Gasteiger partial charge is 0.390 e. The zero-order valence-corrected chi connectivity index (χ0v) is 17.3. The van der Waals surface area contributed by atoms with E-state index in [2.05, 4.69) is 45.6 Å². The highest BCUT2D eigenvalue weighted by molar-refractivity contribution is 5.00. The van der Waals surface area contributed by atoms with Gasteiger partial charge in [0.1, 0.15) is 0 Å². The molecule has 0 amide bonds. The Balaban J connectivity index is -0.000000292. The van der Waals surface area contributed by atoms with E-state index in [0.717, 1.165) is 24.6 Å². The summed E-state index contributed by atoms with van der Waals surface area (Å²) < 4.78 is 5.69. The lowest BCUT2D eigenvalue weighted by Crippen LogP contribution is -2.33. The molecule has 0 bridgehead atoms. The molecule has 0 saturated heterocycles. The molecule has 1 heterocycles. The van der Waals surface area contributed by atoms with Crippen LogP contribution in [0.5, 0.6) is 0 Å². The summed E-state index contributed by atoms with van der Waals surface area (Å²) in [5.41, 5.74) is 6.36. The summed E-state index contributed by atoms with van der Waals surface area (Å²) in [6, 6.07) is 0. The van der Waals surface area contributed by atoms with Crippen LogP contribution in [0.4, 0.5) is 0 Å². The second kappa shape index (κ2) is 17.6. The first-order valence-electron chi connectivity index (χ1n) is 9.00. The van der Waals surface area contributed by atoms with Crippen LogP contribution in [0.2, 0.25) is 0 Å². The van der Waals surface area contributed by atoms with Gasteiger partial charge in [-0.1, -0.05) is 48.5 Å². The average molecular weight is 334 g/mol. The predicted molar refractivity (Wildman–Crippen MR) is 102 cm³/mol. The minimum Gasteiger partial charge on any atom is -0.390 e. The van der Waals surface area contributed by atoms with Gasteiger partial charge >= 0.3 is 0 Å². The zero-order chi connectivity index (χ0) is 18.9. The summed E-state index contributed by atoms with van der Waals surface area (Å²) in [6.07, 6.45) is 4.04. The van der Waals surface area contributed by atoms with Crippen molar-refractivity contribution in [1.82, 2.24) is 16.0 Å². The summed E-state index contributed by atoms with van der Waals surface area (Å²) >= 11 is 0. The van der Waals surface area contributed by atoms with Crippen LogP contribution in [0.3, 0.4) is 0 Å². The van der Waals surface area contributed by atoms with Crippen LogP contribution in [0.15, 0.2) is 11.9 Å². The molecule has 3 N–H and O–H groups in total. The number of nitrogens with zero attached hydrogens (tertiary/aromatic N) is 1. The van der Waals surface area contributed by atoms with Crippen LogP contribution in [-0.4, -0.2) is 36.0 Å². The van der Waals surface area contributed by atoms with E-state index in [4.69, 9.17) is 9.84 Å². The molecule has 0 saturated carbocycles. The van der Waals surface area contributed by atoms with Crippen molar-refractivity contribution in [3.8, 4) is 0 Å². The second-order valence-electron chi connectivity index (χ2n) is 5.80. The lowest BCUT2D eigenvalue weighted by Gasteiger charge is -2.23. The third kappa shape index (κ3) is 19.2. The van der Waals surface area contributed by atoms with Gasteiger partial charge in [0.2, 0.25) is 0 Å². The smallest absolute Gasteiger partial charge is 0.0857 e. The molecule has 1 aliphatic heterocycles. The molecule has 0 atom stereocenters. The fourth-order valence-electron chi connectivity index (χ4n) is 1.21. The Kier molecular flexibility index (Phi) is 20.7. The first kappa shape index (κ1) is 27.1. The molecule has 5 heteroatoms. The lowest BCUT2D eigenvalue weighted by atomic mass is 10.1. The molecule has 0 aliphatic carbocycles. The molecule has 0 unspecified atom stereocenters. The van der Waals surface area contributed by atoms with Gasteiger partial charge in [-0.15, -0.1) is 5.53 Å². The van der Waals surface area contributed by atoms with Crippen LogP contribution >= 0.6 is 0 Å². The fourth-order valence-corrected chi connectivity index (χ4v) is 1.21. The SMILES string of the molecule is CC.CC.CCC(C)(C)OCCC(C)C.CN1C=C(CO)NN1. The predicted octanol–water partition coefficient (Wildman–Crippen LogP) is 4.06. The molecule has 0 aromatic carbocycles. The van der Waals surface area contributed by atoms with E-state index in [9.17, 15) is 0 Å². The van der Waals surface area contributed by atoms with Crippen molar-refractivity contribution >= 4 is 0 Å². The summed E-state index contributed by atoms with van der Waals surface area (Å²) in [5, 5.41) is 10.2. The van der Waals surface area contributed by atoms with Crippen molar-refractivity contribution < 1.29 is 9.84 Å². The molecular formula is C18H43N3O2. The highest BCUT2D eigenvalue weighted by Crippen LogP contribution is 2.14. The minimum atomic E-state index is 0.0529. The van der Waals surface area contributed by atoms with Crippen molar-refractivity contribution in [2.45, 2.75) is 80.8 Å². The van der Waals surface area contributed by atoms with Gasteiger partial charge in [-0.25, -0.2) is 0 Å². The van der Waals surface area contributed by atoms with Crippen LogP contribution in [0.1, 0.15) is 75.2 Å². The lowest BCUT2D eigenvalue weighted by molar-refractivity contribution is -0.0243. The summed E-state index contributed by atoms with van der Waals surface area (Å²) in [6.45, 7) is 19.9. The molecule has 1 rings (SSSR count). The van der Waals surface area contributed by atoms with Crippen molar-refractivity contribution in [3.63, 3.8) is 0 Å². The third-order valence-corrected chi connectivity index (χ3v) is 2.95. The zero-order valence-electron chi connectivity index (χ0n) is 17.3. The van der Waals surface area contributed by atoms with E-state index in [1.165, 1.54) is 6.42 Å². The molecule has 0 radical (unpaired) electrons. The molecule has 0 spiro atoms. The van der Waals surface area contributed by atoms with E-state index in [1.54, 1.807) is 11.2 Å². The van der Waals surface area contributed by atoms with Crippen LogP contribution in [0, 0.1) is 5.92 Å². The topological polar surface area (TPSA) is 56.8 Å². The van der Waals surface area contributed by atoms with Gasteiger partial charge in [-0.05, 0) is 32.6 Å². The van der Waals surface area contributed by atoms with Gasteiger partial charge in [-0.3, -0.25) is 5.01 Å². The summed E-state index contributed by atoms with van der Waals surface area (Å²) in [5.74, 6) is 0.752. The Morgan fingerprint density at radius 1 is 1.22 bits per heavy atom. The van der Waals surface area contributed by atoms with Gasteiger partial charge < -0.3 is 15.3 Å². The molecule has 0 aromatic rings. The average Bonchev–Trinajstić information content (AvgIpc) is 2.97. The van der Waals surface area contributed by atoms with Gasteiger partial charge in [0, 0.05) is 19.9 Å². The number of rotatable bonds is 6. The Bertz CT molecular complexity index is 267. The van der Waals surface area contributed by atoms with Crippen LogP contribution < -0.4 is 11.0 Å². The Hall–Kier alpha value is -0.780. The van der Waals surface area contributed by atoms with E-state index < -0.39 is 0 Å². The van der Waals surface area contributed by atoms with E-state index in [0.29, 0.717) is 0 Å². The van der Waals surface area contributed by atoms with Crippen molar-refractivity contribution in [2.24, 2.45) is 5.92 Å². The number of hydrogen-bond acceptors (Lipinski definition) is 5. The van der Waals surface area contributed by atoms with Gasteiger partial charge in [0.25, 0.3) is 0 Å². The van der Waals surface area contributed by atoms with Gasteiger partial charge in [0.15, 0.2) is 0 Å². The van der Waals surface area contributed by atoms with E-state index in [1.807, 2.05) is 34.7 Å². The van der Waals surface area contributed by atoms with Crippen molar-refractivity contribution in [3.05, 3.63) is 11.9 Å². The van der Waals surface area contributed by atoms with E-state index >= 15 is 0 Å². The Morgan fingerprint density at radius 2 is 1.74 bits per heavy atom. The number of hydrogen-bond donors (Lipinski definition) is 3. The molecule has 1 aliphatic rings.